The number of rotatable bonds is 3. The summed E-state index contributed by atoms with van der Waals surface area (Å²) < 4.78 is 13.3. The monoisotopic (exact) mass is 285 g/mol. The quantitative estimate of drug-likeness (QED) is 0.778. The molecule has 3 heterocycles. The van der Waals surface area contributed by atoms with Gasteiger partial charge in [-0.25, -0.2) is 14.4 Å². The molecule has 108 valence electrons. The van der Waals surface area contributed by atoms with Gasteiger partial charge in [0.25, 0.3) is 0 Å². The van der Waals surface area contributed by atoms with Gasteiger partial charge in [0.2, 0.25) is 0 Å². The first-order valence-electron chi connectivity index (χ1n) is 7.16. The molecule has 0 aliphatic carbocycles. The van der Waals surface area contributed by atoms with Crippen molar-refractivity contribution in [3.8, 4) is 0 Å². The number of aromatic amines is 2. The number of H-pyrrole nitrogens is 2. The van der Waals surface area contributed by atoms with Crippen LogP contribution in [0.1, 0.15) is 30.4 Å². The van der Waals surface area contributed by atoms with Crippen LogP contribution in [0.15, 0.2) is 30.7 Å². The van der Waals surface area contributed by atoms with Gasteiger partial charge in [-0.2, -0.15) is 0 Å². The maximum Gasteiger partial charge on any atom is 0.125 e. The first-order valence-corrected chi connectivity index (χ1v) is 7.16. The summed E-state index contributed by atoms with van der Waals surface area (Å²) in [7, 11) is 0. The van der Waals surface area contributed by atoms with Crippen LogP contribution in [0.5, 0.6) is 0 Å². The third kappa shape index (κ3) is 2.31. The number of nitrogens with zero attached hydrogens (tertiary/aromatic N) is 3. The van der Waals surface area contributed by atoms with E-state index in [1.165, 1.54) is 12.1 Å². The number of fused-ring (bicyclic) bond motifs is 1. The summed E-state index contributed by atoms with van der Waals surface area (Å²) in [6, 6.07) is 4.92. The number of likely N-dealkylation sites (tertiary alicyclic amines) is 1. The van der Waals surface area contributed by atoms with Crippen molar-refractivity contribution in [2.45, 2.75) is 25.4 Å². The number of halogens is 1. The molecule has 2 aromatic heterocycles. The van der Waals surface area contributed by atoms with Gasteiger partial charge in [0, 0.05) is 18.4 Å². The lowest BCUT2D eigenvalue weighted by Gasteiger charge is -2.21. The number of hydrogen-bond donors (Lipinski definition) is 2. The van der Waals surface area contributed by atoms with Crippen LogP contribution in [-0.2, 0) is 6.54 Å². The molecular formula is C15H16FN5. The molecule has 4 rings (SSSR count). The molecule has 0 saturated carbocycles. The van der Waals surface area contributed by atoms with Gasteiger partial charge in [-0.3, -0.25) is 4.90 Å². The fraction of sp³-hybridized carbons (Fsp3) is 0.333. The van der Waals surface area contributed by atoms with E-state index in [1.54, 1.807) is 12.4 Å². The highest BCUT2D eigenvalue weighted by Crippen LogP contribution is 2.32. The highest BCUT2D eigenvalue weighted by atomic mass is 19.1. The van der Waals surface area contributed by atoms with E-state index < -0.39 is 0 Å². The molecule has 0 bridgehead atoms. The number of benzene rings is 1. The molecule has 5 nitrogen and oxygen atoms in total. The van der Waals surface area contributed by atoms with Crippen LogP contribution in [0.3, 0.4) is 0 Å². The Kier molecular flexibility index (Phi) is 2.96. The van der Waals surface area contributed by atoms with E-state index >= 15 is 0 Å². The number of hydrogen-bond acceptors (Lipinski definition) is 3. The molecule has 1 saturated heterocycles. The largest absolute Gasteiger partial charge is 0.347 e. The van der Waals surface area contributed by atoms with Crippen molar-refractivity contribution in [1.29, 1.82) is 0 Å². The average molecular weight is 285 g/mol. The summed E-state index contributed by atoms with van der Waals surface area (Å²) in [5.41, 5.74) is 2.68. The van der Waals surface area contributed by atoms with Crippen molar-refractivity contribution in [1.82, 2.24) is 24.8 Å². The summed E-state index contributed by atoms with van der Waals surface area (Å²) in [6.07, 6.45) is 5.76. The van der Waals surface area contributed by atoms with E-state index in [9.17, 15) is 4.39 Å². The minimum Gasteiger partial charge on any atom is -0.347 e. The van der Waals surface area contributed by atoms with Gasteiger partial charge in [-0.1, -0.05) is 0 Å². The first-order chi connectivity index (χ1) is 10.3. The zero-order chi connectivity index (χ0) is 14.2. The highest BCUT2D eigenvalue weighted by molar-refractivity contribution is 5.75. The molecule has 1 atom stereocenters. The van der Waals surface area contributed by atoms with E-state index in [4.69, 9.17) is 0 Å². The second-order valence-electron chi connectivity index (χ2n) is 5.49. The predicted octanol–water partition coefficient (Wildman–Crippen LogP) is 2.76. The van der Waals surface area contributed by atoms with Crippen LogP contribution in [0.2, 0.25) is 0 Å². The maximum atomic E-state index is 13.3. The molecule has 0 unspecified atom stereocenters. The molecule has 1 aromatic carbocycles. The van der Waals surface area contributed by atoms with Crippen molar-refractivity contribution in [3.63, 3.8) is 0 Å². The molecule has 0 spiro atoms. The second kappa shape index (κ2) is 4.96. The highest BCUT2D eigenvalue weighted by Gasteiger charge is 2.28. The Morgan fingerprint density at radius 2 is 2.33 bits per heavy atom. The minimum atomic E-state index is -0.238. The van der Waals surface area contributed by atoms with Gasteiger partial charge in [0.1, 0.15) is 11.6 Å². The Bertz CT molecular complexity index is 749. The molecule has 6 heteroatoms. The Labute approximate surface area is 121 Å². The van der Waals surface area contributed by atoms with Gasteiger partial charge in [-0.15, -0.1) is 0 Å². The summed E-state index contributed by atoms with van der Waals surface area (Å²) in [6.45, 7) is 1.87. The van der Waals surface area contributed by atoms with Crippen molar-refractivity contribution in [3.05, 3.63) is 48.1 Å². The Hall–Kier alpha value is -2.21. The zero-order valence-corrected chi connectivity index (χ0v) is 11.5. The number of imidazole rings is 2. The Morgan fingerprint density at radius 1 is 1.38 bits per heavy atom. The number of aromatic nitrogens is 4. The van der Waals surface area contributed by atoms with Crippen molar-refractivity contribution >= 4 is 11.0 Å². The fourth-order valence-corrected chi connectivity index (χ4v) is 3.07. The Morgan fingerprint density at radius 3 is 3.19 bits per heavy atom. The van der Waals surface area contributed by atoms with Gasteiger partial charge >= 0.3 is 0 Å². The van der Waals surface area contributed by atoms with Gasteiger partial charge < -0.3 is 9.97 Å². The fourth-order valence-electron chi connectivity index (χ4n) is 3.07. The smallest absolute Gasteiger partial charge is 0.125 e. The van der Waals surface area contributed by atoms with Crippen LogP contribution in [-0.4, -0.2) is 31.4 Å². The standard InChI is InChI=1S/C15H16FN5/c16-10-3-4-12-13(6-10)20-15(19-12)14-2-1-5-21(14)8-11-7-17-9-18-11/h3-4,6-7,9,14H,1-2,5,8H2,(H,17,18)(H,19,20)/t14-/m0/s1. The lowest BCUT2D eigenvalue weighted by Crippen LogP contribution is -2.23. The van der Waals surface area contributed by atoms with Crippen LogP contribution in [0, 0.1) is 5.82 Å². The van der Waals surface area contributed by atoms with E-state index in [-0.39, 0.29) is 11.9 Å². The number of nitrogens with one attached hydrogen (secondary N) is 2. The Balaban J connectivity index is 1.63. The van der Waals surface area contributed by atoms with E-state index in [0.29, 0.717) is 0 Å². The predicted molar refractivity (Wildman–Crippen MR) is 77.0 cm³/mol. The summed E-state index contributed by atoms with van der Waals surface area (Å²) in [5.74, 6) is 0.686. The van der Waals surface area contributed by atoms with E-state index in [0.717, 1.165) is 48.5 Å². The van der Waals surface area contributed by atoms with Crippen LogP contribution in [0.4, 0.5) is 4.39 Å². The molecule has 2 N–H and O–H groups in total. The third-order valence-corrected chi connectivity index (χ3v) is 4.07. The molecule has 0 radical (unpaired) electrons. The molecule has 1 aliphatic rings. The molecule has 0 amide bonds. The zero-order valence-electron chi connectivity index (χ0n) is 11.5. The molecule has 1 fully saturated rings. The minimum absolute atomic E-state index is 0.238. The second-order valence-corrected chi connectivity index (χ2v) is 5.49. The van der Waals surface area contributed by atoms with Gasteiger partial charge in [0.15, 0.2) is 0 Å². The summed E-state index contributed by atoms with van der Waals surface area (Å²) in [4.78, 5) is 17.5. The third-order valence-electron chi connectivity index (χ3n) is 4.07. The average Bonchev–Trinajstić information content (AvgIpc) is 3.18. The van der Waals surface area contributed by atoms with Crippen LogP contribution in [0.25, 0.3) is 11.0 Å². The van der Waals surface area contributed by atoms with E-state index in [1.807, 2.05) is 6.20 Å². The van der Waals surface area contributed by atoms with Gasteiger partial charge in [0.05, 0.1) is 23.4 Å². The lowest BCUT2D eigenvalue weighted by molar-refractivity contribution is 0.238. The lowest BCUT2D eigenvalue weighted by atomic mass is 10.2. The van der Waals surface area contributed by atoms with Crippen molar-refractivity contribution in [2.24, 2.45) is 0 Å². The normalized spacial score (nSPS) is 19.6. The summed E-state index contributed by atoms with van der Waals surface area (Å²) in [5, 5.41) is 0. The first kappa shape index (κ1) is 12.5. The van der Waals surface area contributed by atoms with Crippen molar-refractivity contribution < 1.29 is 4.39 Å². The molecule has 21 heavy (non-hydrogen) atoms. The van der Waals surface area contributed by atoms with Crippen molar-refractivity contribution in [2.75, 3.05) is 6.54 Å². The topological polar surface area (TPSA) is 60.6 Å². The molecular weight excluding hydrogens is 269 g/mol. The maximum absolute atomic E-state index is 13.3. The molecule has 3 aromatic rings. The van der Waals surface area contributed by atoms with E-state index in [2.05, 4.69) is 24.8 Å². The van der Waals surface area contributed by atoms with Crippen LogP contribution >= 0.6 is 0 Å². The van der Waals surface area contributed by atoms with Gasteiger partial charge in [-0.05, 0) is 37.6 Å². The SMILES string of the molecule is Fc1ccc2nc([C@@H]3CCCN3Cc3cnc[nH]3)[nH]c2c1. The summed E-state index contributed by atoms with van der Waals surface area (Å²) >= 11 is 0. The molecule has 1 aliphatic heterocycles. The van der Waals surface area contributed by atoms with Crippen LogP contribution < -0.4 is 0 Å².